The summed E-state index contributed by atoms with van der Waals surface area (Å²) in [5.41, 5.74) is 3.83. The highest BCUT2D eigenvalue weighted by Crippen LogP contribution is 2.16. The maximum atomic E-state index is 13.0. The molecule has 4 rings (SSSR count). The van der Waals surface area contributed by atoms with Crippen molar-refractivity contribution in [2.45, 2.75) is 19.9 Å². The first-order chi connectivity index (χ1) is 17.3. The molecule has 0 aliphatic heterocycles. The largest absolute Gasteiger partial charge is 0.452 e. The van der Waals surface area contributed by atoms with Gasteiger partial charge in [0.2, 0.25) is 5.78 Å². The smallest absolute Gasteiger partial charge is 0.359 e. The van der Waals surface area contributed by atoms with Crippen LogP contribution >= 0.6 is 0 Å². The van der Waals surface area contributed by atoms with Gasteiger partial charge in [0, 0.05) is 19.0 Å². The number of benzene rings is 2. The lowest BCUT2D eigenvalue weighted by atomic mass is 10.1. The molecule has 36 heavy (non-hydrogen) atoms. The van der Waals surface area contributed by atoms with Crippen LogP contribution in [-0.4, -0.2) is 37.3 Å². The van der Waals surface area contributed by atoms with Gasteiger partial charge in [-0.05, 0) is 24.6 Å². The van der Waals surface area contributed by atoms with Crippen molar-refractivity contribution in [1.82, 2.24) is 18.9 Å². The molecule has 0 unspecified atom stereocenters. The summed E-state index contributed by atoms with van der Waals surface area (Å²) in [6, 6.07) is 14.9. The van der Waals surface area contributed by atoms with Gasteiger partial charge in [-0.3, -0.25) is 23.5 Å². The SMILES string of the molecule is CCCn1c(N)c(C(=O)COC(=O)c2nn(-c3ccccc3)c(=O)c3ccccc23)c(=O)n(C)c1=O. The quantitative estimate of drug-likeness (QED) is 0.301. The van der Waals surface area contributed by atoms with Crippen molar-refractivity contribution in [3.05, 3.63) is 97.0 Å². The number of nitrogen functional groups attached to an aromatic ring is 1. The van der Waals surface area contributed by atoms with Crippen LogP contribution in [0.1, 0.15) is 34.2 Å². The summed E-state index contributed by atoms with van der Waals surface area (Å²) in [7, 11) is 1.24. The van der Waals surface area contributed by atoms with Crippen LogP contribution in [0.3, 0.4) is 0 Å². The summed E-state index contributed by atoms with van der Waals surface area (Å²) < 4.78 is 8.19. The maximum absolute atomic E-state index is 13.0. The van der Waals surface area contributed by atoms with Crippen molar-refractivity contribution in [1.29, 1.82) is 0 Å². The van der Waals surface area contributed by atoms with Crippen molar-refractivity contribution in [3.8, 4) is 5.69 Å². The highest BCUT2D eigenvalue weighted by molar-refractivity contribution is 6.05. The first kappa shape index (κ1) is 24.3. The fourth-order valence-corrected chi connectivity index (χ4v) is 3.84. The van der Waals surface area contributed by atoms with Crippen molar-refractivity contribution in [2.75, 3.05) is 12.3 Å². The van der Waals surface area contributed by atoms with Crippen LogP contribution in [0.15, 0.2) is 69.0 Å². The summed E-state index contributed by atoms with van der Waals surface area (Å²) in [5.74, 6) is -2.12. The Morgan fingerprint density at radius 2 is 1.58 bits per heavy atom. The van der Waals surface area contributed by atoms with E-state index in [1.165, 1.54) is 7.05 Å². The highest BCUT2D eigenvalue weighted by Gasteiger charge is 2.24. The Balaban J connectivity index is 1.71. The van der Waals surface area contributed by atoms with E-state index in [1.54, 1.807) is 54.6 Å². The summed E-state index contributed by atoms with van der Waals surface area (Å²) in [6.07, 6.45) is 0.542. The van der Waals surface area contributed by atoms with E-state index in [4.69, 9.17) is 10.5 Å². The van der Waals surface area contributed by atoms with E-state index in [0.29, 0.717) is 12.1 Å². The van der Waals surface area contributed by atoms with Crippen molar-refractivity contribution in [3.63, 3.8) is 0 Å². The molecule has 184 valence electrons. The minimum Gasteiger partial charge on any atom is -0.452 e. The minimum absolute atomic E-state index is 0.182. The molecule has 0 aliphatic rings. The first-order valence-corrected chi connectivity index (χ1v) is 11.1. The van der Waals surface area contributed by atoms with Crippen molar-refractivity contribution in [2.24, 2.45) is 7.05 Å². The summed E-state index contributed by atoms with van der Waals surface area (Å²) >= 11 is 0. The summed E-state index contributed by atoms with van der Waals surface area (Å²) in [4.78, 5) is 63.8. The van der Waals surface area contributed by atoms with Crippen LogP contribution < -0.4 is 22.5 Å². The van der Waals surface area contributed by atoms with Gasteiger partial charge in [-0.15, -0.1) is 0 Å². The molecule has 11 heteroatoms. The lowest BCUT2D eigenvalue weighted by Gasteiger charge is -2.14. The molecule has 0 saturated carbocycles. The highest BCUT2D eigenvalue weighted by atomic mass is 16.5. The predicted molar refractivity (Wildman–Crippen MR) is 133 cm³/mol. The number of rotatable bonds is 7. The number of carbonyl (C=O) groups is 2. The average molecular weight is 489 g/mol. The molecule has 0 spiro atoms. The number of esters is 1. The number of hydrogen-bond donors (Lipinski definition) is 1. The number of nitrogens with two attached hydrogens (primary N) is 1. The number of nitrogens with zero attached hydrogens (tertiary/aromatic N) is 4. The Bertz CT molecular complexity index is 1670. The molecule has 0 bridgehead atoms. The number of para-hydroxylation sites is 1. The van der Waals surface area contributed by atoms with Crippen molar-refractivity contribution < 1.29 is 14.3 Å². The molecule has 0 aliphatic carbocycles. The molecule has 2 aromatic carbocycles. The molecule has 0 saturated heterocycles. The second kappa shape index (κ2) is 9.82. The topological polar surface area (TPSA) is 148 Å². The summed E-state index contributed by atoms with van der Waals surface area (Å²) in [6.45, 7) is 1.20. The molecule has 0 amide bonds. The van der Waals surface area contributed by atoms with E-state index in [1.807, 2.05) is 6.92 Å². The van der Waals surface area contributed by atoms with Crippen LogP contribution in [0.5, 0.6) is 0 Å². The number of ketones is 1. The number of aromatic nitrogens is 4. The van der Waals surface area contributed by atoms with Gasteiger partial charge in [0.15, 0.2) is 12.3 Å². The average Bonchev–Trinajstić information content (AvgIpc) is 2.89. The third-order valence-electron chi connectivity index (χ3n) is 5.64. The second-order valence-electron chi connectivity index (χ2n) is 8.00. The number of fused-ring (bicyclic) bond motifs is 1. The Labute approximate surface area is 204 Å². The van der Waals surface area contributed by atoms with Gasteiger partial charge in [0.1, 0.15) is 11.4 Å². The van der Waals surface area contributed by atoms with Gasteiger partial charge in [0.05, 0.1) is 11.1 Å². The van der Waals surface area contributed by atoms with E-state index >= 15 is 0 Å². The van der Waals surface area contributed by atoms with E-state index in [9.17, 15) is 24.0 Å². The zero-order valence-electron chi connectivity index (χ0n) is 19.6. The minimum atomic E-state index is -0.971. The molecule has 0 atom stereocenters. The van der Waals surface area contributed by atoms with Crippen LogP contribution in [0.25, 0.3) is 16.5 Å². The molecule has 2 N–H and O–H groups in total. The van der Waals surface area contributed by atoms with Crippen LogP contribution in [0, 0.1) is 0 Å². The third kappa shape index (κ3) is 4.22. The van der Waals surface area contributed by atoms with Gasteiger partial charge < -0.3 is 10.5 Å². The van der Waals surface area contributed by atoms with Gasteiger partial charge in [0.25, 0.3) is 11.1 Å². The van der Waals surface area contributed by atoms with E-state index in [2.05, 4.69) is 5.10 Å². The fourth-order valence-electron chi connectivity index (χ4n) is 3.84. The molecular formula is C25H23N5O6. The first-order valence-electron chi connectivity index (χ1n) is 11.1. The maximum Gasteiger partial charge on any atom is 0.359 e. The monoisotopic (exact) mass is 489 g/mol. The Morgan fingerprint density at radius 3 is 2.25 bits per heavy atom. The van der Waals surface area contributed by atoms with Crippen molar-refractivity contribution >= 4 is 28.3 Å². The predicted octanol–water partition coefficient (Wildman–Crippen LogP) is 1.28. The van der Waals surface area contributed by atoms with Gasteiger partial charge in [-0.1, -0.05) is 43.3 Å². The van der Waals surface area contributed by atoms with Gasteiger partial charge in [-0.2, -0.15) is 9.78 Å². The van der Waals surface area contributed by atoms with E-state index in [-0.39, 0.29) is 28.8 Å². The van der Waals surface area contributed by atoms with Gasteiger partial charge in [-0.25, -0.2) is 9.59 Å². The Kier molecular flexibility index (Phi) is 6.64. The Morgan fingerprint density at radius 1 is 0.944 bits per heavy atom. The molecule has 4 aromatic rings. The van der Waals surface area contributed by atoms with Crippen LogP contribution in [0.2, 0.25) is 0 Å². The van der Waals surface area contributed by atoms with Gasteiger partial charge >= 0.3 is 11.7 Å². The lowest BCUT2D eigenvalue weighted by molar-refractivity contribution is 0.0468. The number of carbonyl (C=O) groups excluding carboxylic acids is 2. The number of hydrogen-bond acceptors (Lipinski definition) is 8. The Hall–Kier alpha value is -4.80. The zero-order chi connectivity index (χ0) is 26.0. The molecule has 0 fully saturated rings. The molecule has 2 heterocycles. The fraction of sp³-hybridized carbons (Fsp3) is 0.200. The summed E-state index contributed by atoms with van der Waals surface area (Å²) in [5, 5.41) is 4.69. The zero-order valence-corrected chi connectivity index (χ0v) is 19.6. The standard InChI is InChI=1S/C25H23N5O6/c1-3-13-29-21(26)19(23(33)28(2)25(29)35)18(31)14-36-24(34)20-16-11-7-8-12-17(16)22(32)30(27-20)15-9-5-4-6-10-15/h4-12H,3,13-14,26H2,1-2H3. The lowest BCUT2D eigenvalue weighted by Crippen LogP contribution is -2.43. The molecule has 11 nitrogen and oxygen atoms in total. The number of anilines is 1. The van der Waals surface area contributed by atoms with E-state index < -0.39 is 40.7 Å². The molecular weight excluding hydrogens is 466 g/mol. The van der Waals surface area contributed by atoms with Crippen LogP contribution in [0.4, 0.5) is 5.82 Å². The van der Waals surface area contributed by atoms with E-state index in [0.717, 1.165) is 13.8 Å². The second-order valence-corrected chi connectivity index (χ2v) is 8.00. The normalized spacial score (nSPS) is 10.9. The molecule has 2 aromatic heterocycles. The number of Topliss-reactive ketones (excluding diaryl/α,β-unsaturated/α-hetero) is 1. The molecule has 0 radical (unpaired) electrons. The third-order valence-corrected chi connectivity index (χ3v) is 5.64. The van der Waals surface area contributed by atoms with Crippen LogP contribution in [-0.2, 0) is 18.3 Å². The number of ether oxygens (including phenoxy) is 1.